The predicted molar refractivity (Wildman–Crippen MR) is 117 cm³/mol. The average molecular weight is 440 g/mol. The SMILES string of the molecule is Cc1ccc(S(=O)(=O)n2ccc3c(-c4csc5ccc(Cl)nc45)ccnc32)cc1. The Morgan fingerprint density at radius 2 is 1.79 bits per heavy atom. The van der Waals surface area contributed by atoms with Crippen LogP contribution >= 0.6 is 22.9 Å². The molecule has 0 saturated carbocycles. The van der Waals surface area contributed by atoms with Crippen LogP contribution in [0.3, 0.4) is 0 Å². The van der Waals surface area contributed by atoms with Crippen molar-refractivity contribution in [3.8, 4) is 11.1 Å². The number of hydrogen-bond acceptors (Lipinski definition) is 5. The van der Waals surface area contributed by atoms with Crippen LogP contribution in [0.5, 0.6) is 0 Å². The molecule has 1 aromatic carbocycles. The lowest BCUT2D eigenvalue weighted by Gasteiger charge is -2.08. The molecule has 4 aromatic heterocycles. The topological polar surface area (TPSA) is 64.8 Å². The van der Waals surface area contributed by atoms with Crippen LogP contribution in [0, 0.1) is 6.92 Å². The van der Waals surface area contributed by atoms with Crippen molar-refractivity contribution in [3.63, 3.8) is 0 Å². The van der Waals surface area contributed by atoms with E-state index in [1.807, 2.05) is 24.4 Å². The summed E-state index contributed by atoms with van der Waals surface area (Å²) in [6.45, 7) is 1.92. The highest BCUT2D eigenvalue weighted by Crippen LogP contribution is 2.37. The number of benzene rings is 1. The van der Waals surface area contributed by atoms with Crippen LogP contribution in [0.25, 0.3) is 32.4 Å². The zero-order valence-electron chi connectivity index (χ0n) is 15.2. The normalized spacial score (nSPS) is 12.1. The number of thiophene rings is 1. The lowest BCUT2D eigenvalue weighted by atomic mass is 10.1. The van der Waals surface area contributed by atoms with E-state index in [-0.39, 0.29) is 4.90 Å². The van der Waals surface area contributed by atoms with Gasteiger partial charge in [0.2, 0.25) is 0 Å². The van der Waals surface area contributed by atoms with Gasteiger partial charge < -0.3 is 0 Å². The highest BCUT2D eigenvalue weighted by Gasteiger charge is 2.21. The molecule has 0 amide bonds. The molecule has 0 radical (unpaired) electrons. The second kappa shape index (κ2) is 6.66. The zero-order chi connectivity index (χ0) is 20.2. The number of aryl methyl sites for hydroxylation is 1. The number of hydrogen-bond donors (Lipinski definition) is 0. The summed E-state index contributed by atoms with van der Waals surface area (Å²) in [6.07, 6.45) is 3.16. The summed E-state index contributed by atoms with van der Waals surface area (Å²) in [4.78, 5) is 9.04. The number of pyridine rings is 2. The lowest BCUT2D eigenvalue weighted by Crippen LogP contribution is -2.12. The van der Waals surface area contributed by atoms with Crippen molar-refractivity contribution in [2.75, 3.05) is 0 Å². The first kappa shape index (κ1) is 18.3. The summed E-state index contributed by atoms with van der Waals surface area (Å²) in [5.74, 6) is 0. The summed E-state index contributed by atoms with van der Waals surface area (Å²) >= 11 is 7.66. The van der Waals surface area contributed by atoms with Crippen molar-refractivity contribution in [1.29, 1.82) is 0 Å². The van der Waals surface area contributed by atoms with Crippen LogP contribution < -0.4 is 0 Å². The van der Waals surface area contributed by atoms with E-state index in [0.717, 1.165) is 32.3 Å². The van der Waals surface area contributed by atoms with Gasteiger partial charge in [0.25, 0.3) is 10.0 Å². The molecule has 0 bridgehead atoms. The first-order valence-corrected chi connectivity index (χ1v) is 11.5. The monoisotopic (exact) mass is 439 g/mol. The smallest absolute Gasteiger partial charge is 0.237 e. The lowest BCUT2D eigenvalue weighted by molar-refractivity contribution is 0.589. The van der Waals surface area contributed by atoms with Crippen LogP contribution in [-0.4, -0.2) is 22.4 Å². The Labute approximate surface area is 176 Å². The van der Waals surface area contributed by atoms with E-state index in [4.69, 9.17) is 11.6 Å². The number of nitrogens with zero attached hydrogens (tertiary/aromatic N) is 3. The molecule has 0 unspecified atom stereocenters. The molecule has 144 valence electrons. The molecule has 0 aliphatic heterocycles. The van der Waals surface area contributed by atoms with Gasteiger partial charge in [-0.1, -0.05) is 29.3 Å². The molecule has 4 heterocycles. The Morgan fingerprint density at radius 1 is 1.00 bits per heavy atom. The van der Waals surface area contributed by atoms with Crippen LogP contribution in [0.15, 0.2) is 71.2 Å². The summed E-state index contributed by atoms with van der Waals surface area (Å²) in [5, 5.41) is 3.17. The molecule has 0 atom stereocenters. The van der Waals surface area contributed by atoms with Crippen LogP contribution in [-0.2, 0) is 10.0 Å². The van der Waals surface area contributed by atoms with Crippen molar-refractivity contribution < 1.29 is 8.42 Å². The first-order valence-electron chi connectivity index (χ1n) is 8.77. The average Bonchev–Trinajstić information content (AvgIpc) is 3.32. The number of halogens is 1. The molecule has 0 aliphatic carbocycles. The van der Waals surface area contributed by atoms with Gasteiger partial charge in [0.1, 0.15) is 5.15 Å². The molecule has 0 aliphatic rings. The highest BCUT2D eigenvalue weighted by atomic mass is 35.5. The molecule has 5 nitrogen and oxygen atoms in total. The van der Waals surface area contributed by atoms with E-state index in [9.17, 15) is 8.42 Å². The molecule has 5 aromatic rings. The summed E-state index contributed by atoms with van der Waals surface area (Å²) in [6, 6.07) is 14.1. The first-order chi connectivity index (χ1) is 13.9. The maximum atomic E-state index is 13.2. The molecule has 0 N–H and O–H groups in total. The fourth-order valence-electron chi connectivity index (χ4n) is 3.35. The number of fused-ring (bicyclic) bond motifs is 2. The van der Waals surface area contributed by atoms with Gasteiger partial charge in [-0.3, -0.25) is 0 Å². The largest absolute Gasteiger partial charge is 0.269 e. The Balaban J connectivity index is 1.72. The van der Waals surface area contributed by atoms with E-state index in [0.29, 0.717) is 10.8 Å². The minimum absolute atomic E-state index is 0.224. The Bertz CT molecular complexity index is 1490. The quantitative estimate of drug-likeness (QED) is 0.347. The third-order valence-corrected chi connectivity index (χ3v) is 7.63. The van der Waals surface area contributed by atoms with Crippen molar-refractivity contribution in [3.05, 3.63) is 77.0 Å². The second-order valence-electron chi connectivity index (χ2n) is 6.66. The molecule has 0 saturated heterocycles. The summed E-state index contributed by atoms with van der Waals surface area (Å²) in [5.41, 5.74) is 3.95. The predicted octanol–water partition coefficient (Wildman–Crippen LogP) is 5.51. The van der Waals surface area contributed by atoms with E-state index in [2.05, 4.69) is 9.97 Å². The van der Waals surface area contributed by atoms with Crippen molar-refractivity contribution in [2.24, 2.45) is 0 Å². The fraction of sp³-hybridized carbons (Fsp3) is 0.0476. The fourth-order valence-corrected chi connectivity index (χ4v) is 5.69. The van der Waals surface area contributed by atoms with Gasteiger partial charge in [0, 0.05) is 28.7 Å². The van der Waals surface area contributed by atoms with Crippen LogP contribution in [0.1, 0.15) is 5.56 Å². The molecule has 8 heteroatoms. The molecule has 29 heavy (non-hydrogen) atoms. The van der Waals surface area contributed by atoms with Crippen LogP contribution in [0.4, 0.5) is 0 Å². The van der Waals surface area contributed by atoms with E-state index >= 15 is 0 Å². The second-order valence-corrected chi connectivity index (χ2v) is 9.77. The van der Waals surface area contributed by atoms with Crippen molar-refractivity contribution in [2.45, 2.75) is 11.8 Å². The molecular formula is C21H14ClN3O2S2. The van der Waals surface area contributed by atoms with Gasteiger partial charge in [0.05, 0.1) is 15.1 Å². The van der Waals surface area contributed by atoms with E-state index in [1.54, 1.807) is 60.1 Å². The van der Waals surface area contributed by atoms with Crippen molar-refractivity contribution in [1.82, 2.24) is 13.9 Å². The Morgan fingerprint density at radius 3 is 2.59 bits per heavy atom. The third-order valence-electron chi connectivity index (χ3n) is 4.81. The minimum Gasteiger partial charge on any atom is -0.237 e. The number of rotatable bonds is 3. The third kappa shape index (κ3) is 2.93. The van der Waals surface area contributed by atoms with Gasteiger partial charge in [-0.05, 0) is 48.9 Å². The summed E-state index contributed by atoms with van der Waals surface area (Å²) in [7, 11) is -3.75. The van der Waals surface area contributed by atoms with E-state index < -0.39 is 10.0 Å². The van der Waals surface area contributed by atoms with Crippen LogP contribution in [0.2, 0.25) is 5.15 Å². The minimum atomic E-state index is -3.75. The maximum Gasteiger partial charge on any atom is 0.269 e. The van der Waals surface area contributed by atoms with Crippen molar-refractivity contribution >= 4 is 54.2 Å². The number of aromatic nitrogens is 3. The zero-order valence-corrected chi connectivity index (χ0v) is 17.6. The molecule has 5 rings (SSSR count). The molecular weight excluding hydrogens is 426 g/mol. The van der Waals surface area contributed by atoms with Gasteiger partial charge >= 0.3 is 0 Å². The standard InChI is InChI=1S/C21H14ClN3O2S2/c1-13-2-4-14(5-3-13)29(26,27)25-11-9-16-15(8-10-23-21(16)25)17-12-28-18-6-7-19(22)24-20(17)18/h2-12H,1H3. The summed E-state index contributed by atoms with van der Waals surface area (Å²) < 4.78 is 28.6. The van der Waals surface area contributed by atoms with Gasteiger partial charge in [-0.15, -0.1) is 11.3 Å². The Hall–Kier alpha value is -2.74. The molecule has 0 spiro atoms. The molecule has 0 fully saturated rings. The Kier molecular flexibility index (Phi) is 4.20. The highest BCUT2D eigenvalue weighted by molar-refractivity contribution is 7.90. The van der Waals surface area contributed by atoms with Gasteiger partial charge in [0.15, 0.2) is 5.65 Å². The van der Waals surface area contributed by atoms with E-state index in [1.165, 1.54) is 3.97 Å². The maximum absolute atomic E-state index is 13.2. The van der Waals surface area contributed by atoms with Gasteiger partial charge in [-0.25, -0.2) is 22.4 Å². The van der Waals surface area contributed by atoms with Gasteiger partial charge in [-0.2, -0.15) is 0 Å².